The van der Waals surface area contributed by atoms with E-state index in [9.17, 15) is 31.5 Å². The smallest absolute Gasteiger partial charge is 0.425 e. The molecule has 36 heavy (non-hydrogen) atoms. The summed E-state index contributed by atoms with van der Waals surface area (Å²) in [5.74, 6) is -5.60. The van der Waals surface area contributed by atoms with Gasteiger partial charge in [0.15, 0.2) is 6.10 Å². The number of likely N-dealkylation sites (N-methyl/N-ethyl adjacent to an activating group) is 2. The first-order valence-corrected chi connectivity index (χ1v) is 10.5. The molecule has 14 heteroatoms. The van der Waals surface area contributed by atoms with Crippen LogP contribution in [0, 0.1) is 17.5 Å². The van der Waals surface area contributed by atoms with Gasteiger partial charge in [-0.3, -0.25) is 4.79 Å². The summed E-state index contributed by atoms with van der Waals surface area (Å²) in [5.41, 5.74) is 0.561. The Hall–Kier alpha value is -3.52. The molecule has 0 radical (unpaired) electrons. The number of benzene rings is 2. The number of amides is 3. The fraction of sp³-hybridized carbons (Fsp3) is 0.364. The molecule has 1 heterocycles. The molecule has 2 aromatic carbocycles. The number of carbonyl (C=O) groups excluding carboxylic acids is 2. The number of para-hydroxylation sites is 1. The van der Waals surface area contributed by atoms with Crippen LogP contribution in [0.1, 0.15) is 17.3 Å². The van der Waals surface area contributed by atoms with Crippen molar-refractivity contribution in [2.45, 2.75) is 25.4 Å². The summed E-state index contributed by atoms with van der Waals surface area (Å²) in [6, 6.07) is 3.26. The highest BCUT2D eigenvalue weighted by Gasteiger charge is 2.40. The summed E-state index contributed by atoms with van der Waals surface area (Å²) in [6.45, 7) is 0.977. The summed E-state index contributed by atoms with van der Waals surface area (Å²) in [7, 11) is 4.91. The number of rotatable bonds is 7. The second kappa shape index (κ2) is 10.2. The first-order valence-electron chi connectivity index (χ1n) is 10.5. The molecule has 0 aliphatic carbocycles. The van der Waals surface area contributed by atoms with Crippen molar-refractivity contribution in [3.63, 3.8) is 0 Å². The Kier molecular flexibility index (Phi) is 7.69. The molecule has 1 unspecified atom stereocenters. The van der Waals surface area contributed by atoms with E-state index in [1.807, 2.05) is 5.32 Å². The SMILES string of the molecule is C[C@H](Oc1cc(N2NC(CN(C)C)N(C)C2=O)c(F)cc1C(=O)Nc1c(F)cccc1F)C(F)(F)F. The number of nitrogens with one attached hydrogen (secondary N) is 2. The summed E-state index contributed by atoms with van der Waals surface area (Å²) in [6.07, 6.45) is -7.91. The van der Waals surface area contributed by atoms with Crippen LogP contribution in [0.5, 0.6) is 5.75 Å². The van der Waals surface area contributed by atoms with Gasteiger partial charge in [0.2, 0.25) is 0 Å². The minimum absolute atomic E-state index is 0.323. The average Bonchev–Trinajstić information content (AvgIpc) is 3.04. The lowest BCUT2D eigenvalue weighted by Crippen LogP contribution is -2.44. The number of hydrogen-bond acceptors (Lipinski definition) is 5. The lowest BCUT2D eigenvalue weighted by molar-refractivity contribution is -0.189. The zero-order chi connectivity index (χ0) is 26.9. The van der Waals surface area contributed by atoms with Crippen LogP contribution in [0.4, 0.5) is 42.5 Å². The van der Waals surface area contributed by atoms with Crippen molar-refractivity contribution in [2.24, 2.45) is 0 Å². The van der Waals surface area contributed by atoms with Crippen molar-refractivity contribution in [2.75, 3.05) is 38.0 Å². The van der Waals surface area contributed by atoms with Crippen molar-refractivity contribution in [3.8, 4) is 5.75 Å². The molecule has 1 aliphatic rings. The molecule has 1 fully saturated rings. The van der Waals surface area contributed by atoms with Crippen LogP contribution in [0.3, 0.4) is 0 Å². The topological polar surface area (TPSA) is 77.2 Å². The Morgan fingerprint density at radius 3 is 2.33 bits per heavy atom. The maximum Gasteiger partial charge on any atom is 0.425 e. The van der Waals surface area contributed by atoms with Gasteiger partial charge in [-0.2, -0.15) is 13.2 Å². The molecule has 2 aromatic rings. The van der Waals surface area contributed by atoms with E-state index >= 15 is 4.39 Å². The quantitative estimate of drug-likeness (QED) is 0.542. The number of hydrazine groups is 1. The third kappa shape index (κ3) is 5.65. The highest BCUT2D eigenvalue weighted by atomic mass is 19.4. The Bertz CT molecular complexity index is 1140. The fourth-order valence-electron chi connectivity index (χ4n) is 3.31. The molecule has 196 valence electrons. The van der Waals surface area contributed by atoms with Crippen LogP contribution < -0.4 is 20.5 Å². The molecule has 0 saturated carbocycles. The van der Waals surface area contributed by atoms with Gasteiger partial charge in [0.1, 0.15) is 40.7 Å². The van der Waals surface area contributed by atoms with Gasteiger partial charge in [0.25, 0.3) is 5.91 Å². The average molecular weight is 519 g/mol. The Morgan fingerprint density at radius 2 is 1.78 bits per heavy atom. The number of carbonyl (C=O) groups is 2. The zero-order valence-corrected chi connectivity index (χ0v) is 19.6. The van der Waals surface area contributed by atoms with Crippen LogP contribution in [0.2, 0.25) is 0 Å². The second-order valence-electron chi connectivity index (χ2n) is 8.29. The van der Waals surface area contributed by atoms with Gasteiger partial charge in [0.05, 0.1) is 5.56 Å². The molecule has 1 saturated heterocycles. The summed E-state index contributed by atoms with van der Waals surface area (Å²) in [4.78, 5) is 28.5. The van der Waals surface area contributed by atoms with E-state index in [1.165, 1.54) is 11.9 Å². The molecule has 2 atom stereocenters. The molecule has 0 spiro atoms. The fourth-order valence-corrected chi connectivity index (χ4v) is 3.31. The molecule has 0 aromatic heterocycles. The van der Waals surface area contributed by atoms with Gasteiger partial charge in [-0.15, -0.1) is 0 Å². The minimum atomic E-state index is -4.86. The molecular weight excluding hydrogens is 496 g/mol. The number of urea groups is 1. The maximum atomic E-state index is 15.1. The molecule has 2 N–H and O–H groups in total. The number of alkyl halides is 3. The van der Waals surface area contributed by atoms with Crippen LogP contribution in [-0.4, -0.2) is 67.9 Å². The first kappa shape index (κ1) is 27.1. The Labute approximate surface area is 202 Å². The molecule has 8 nitrogen and oxygen atoms in total. The number of nitrogens with zero attached hydrogens (tertiary/aromatic N) is 3. The predicted molar refractivity (Wildman–Crippen MR) is 118 cm³/mol. The lowest BCUT2D eigenvalue weighted by Gasteiger charge is -2.23. The molecule has 0 bridgehead atoms. The highest BCUT2D eigenvalue weighted by molar-refractivity contribution is 6.07. The molecule has 1 aliphatic heterocycles. The van der Waals surface area contributed by atoms with Crippen LogP contribution in [-0.2, 0) is 0 Å². The van der Waals surface area contributed by atoms with E-state index in [-0.39, 0.29) is 0 Å². The van der Waals surface area contributed by atoms with Crippen LogP contribution >= 0.6 is 0 Å². The van der Waals surface area contributed by atoms with Gasteiger partial charge < -0.3 is 19.9 Å². The van der Waals surface area contributed by atoms with Crippen molar-refractivity contribution >= 4 is 23.3 Å². The van der Waals surface area contributed by atoms with Gasteiger partial charge in [-0.05, 0) is 39.2 Å². The van der Waals surface area contributed by atoms with Crippen molar-refractivity contribution < 1.29 is 40.7 Å². The van der Waals surface area contributed by atoms with Gasteiger partial charge >= 0.3 is 12.2 Å². The van der Waals surface area contributed by atoms with E-state index in [0.717, 1.165) is 29.3 Å². The van der Waals surface area contributed by atoms with E-state index in [0.29, 0.717) is 19.5 Å². The number of ether oxygens (including phenoxy) is 1. The largest absolute Gasteiger partial charge is 0.480 e. The van der Waals surface area contributed by atoms with E-state index < -0.39 is 70.5 Å². The number of hydrogen-bond donors (Lipinski definition) is 2. The highest BCUT2D eigenvalue weighted by Crippen LogP contribution is 2.34. The normalized spacial score (nSPS) is 17.1. The second-order valence-corrected chi connectivity index (χ2v) is 8.29. The summed E-state index contributed by atoms with van der Waals surface area (Å²) in [5, 5.41) is 2.65. The third-order valence-corrected chi connectivity index (χ3v) is 5.28. The molecular formula is C22H23F6N5O3. The van der Waals surface area contributed by atoms with E-state index in [2.05, 4.69) is 5.43 Å². The Morgan fingerprint density at radius 1 is 1.17 bits per heavy atom. The minimum Gasteiger partial charge on any atom is -0.480 e. The molecule has 3 amide bonds. The zero-order valence-electron chi connectivity index (χ0n) is 19.6. The Balaban J connectivity index is 2.04. The summed E-state index contributed by atoms with van der Waals surface area (Å²) >= 11 is 0. The summed E-state index contributed by atoms with van der Waals surface area (Å²) < 4.78 is 87.6. The first-order chi connectivity index (χ1) is 16.7. The number of anilines is 2. The third-order valence-electron chi connectivity index (χ3n) is 5.28. The maximum absolute atomic E-state index is 15.1. The monoisotopic (exact) mass is 519 g/mol. The standard InChI is InChI=1S/C22H23F6N5O3/c1-11(22(26,27)28)36-17-9-16(33-21(35)32(4)18(30-33)10-31(2)3)15(25)8-12(17)20(34)29-19-13(23)6-5-7-14(19)24/h5-9,11,18,30H,10H2,1-4H3,(H,29,34)/t11-,18?/m0/s1. The van der Waals surface area contributed by atoms with Crippen LogP contribution in [0.15, 0.2) is 30.3 Å². The predicted octanol–water partition coefficient (Wildman–Crippen LogP) is 3.95. The van der Waals surface area contributed by atoms with Crippen molar-refractivity contribution in [3.05, 3.63) is 53.3 Å². The van der Waals surface area contributed by atoms with Crippen molar-refractivity contribution in [1.82, 2.24) is 15.2 Å². The lowest BCUT2D eigenvalue weighted by atomic mass is 10.1. The van der Waals surface area contributed by atoms with Gasteiger partial charge in [-0.1, -0.05) is 6.07 Å². The van der Waals surface area contributed by atoms with E-state index in [1.54, 1.807) is 19.0 Å². The van der Waals surface area contributed by atoms with E-state index in [4.69, 9.17) is 4.74 Å². The van der Waals surface area contributed by atoms with Gasteiger partial charge in [0, 0.05) is 19.7 Å². The van der Waals surface area contributed by atoms with Crippen molar-refractivity contribution in [1.29, 1.82) is 0 Å². The van der Waals surface area contributed by atoms with Crippen LogP contribution in [0.25, 0.3) is 0 Å². The van der Waals surface area contributed by atoms with Gasteiger partial charge in [-0.25, -0.2) is 28.4 Å². The number of halogens is 6. The molecule has 3 rings (SSSR count).